The van der Waals surface area contributed by atoms with E-state index in [4.69, 9.17) is 0 Å². The highest BCUT2D eigenvalue weighted by atomic mass is 19.2. The van der Waals surface area contributed by atoms with Crippen LogP contribution in [0.15, 0.2) is 18.2 Å². The Morgan fingerprint density at radius 2 is 1.61 bits per heavy atom. The minimum absolute atomic E-state index is 0.191. The quantitative estimate of drug-likeness (QED) is 0.242. The number of fused-ring (bicyclic) bond motifs is 1. The predicted molar refractivity (Wildman–Crippen MR) is 98.3 cm³/mol. The lowest BCUT2D eigenvalue weighted by molar-refractivity contribution is 0.399. The molecule has 0 aliphatic heterocycles. The average Bonchev–Trinajstić information content (AvgIpc) is 2.66. The van der Waals surface area contributed by atoms with Crippen LogP contribution in [0.4, 0.5) is 22.0 Å². The van der Waals surface area contributed by atoms with E-state index in [-0.39, 0.29) is 5.56 Å². The second-order valence-electron chi connectivity index (χ2n) is 7.29. The second kappa shape index (κ2) is 8.77. The average molecular weight is 392 g/mol. The van der Waals surface area contributed by atoms with Crippen molar-refractivity contribution in [1.82, 2.24) is 0 Å². The summed E-state index contributed by atoms with van der Waals surface area (Å²) in [5.41, 5.74) is 0.526. The minimum atomic E-state index is -1.61. The number of hydrogen-bond donors (Lipinski definition) is 0. The van der Waals surface area contributed by atoms with Crippen LogP contribution in [0.1, 0.15) is 61.3 Å². The summed E-state index contributed by atoms with van der Waals surface area (Å²) in [4.78, 5) is 0. The highest BCUT2D eigenvalue weighted by Crippen LogP contribution is 2.32. The predicted octanol–water partition coefficient (Wildman–Crippen LogP) is 6.47. The van der Waals surface area contributed by atoms with Gasteiger partial charge < -0.3 is 0 Å². The summed E-state index contributed by atoms with van der Waals surface area (Å²) in [6, 6.07) is 2.71. The number of rotatable bonds is 4. The summed E-state index contributed by atoms with van der Waals surface area (Å²) < 4.78 is 68.8. The van der Waals surface area contributed by atoms with Crippen molar-refractivity contribution in [2.75, 3.05) is 0 Å². The third-order valence-electron chi connectivity index (χ3n) is 5.25. The van der Waals surface area contributed by atoms with Gasteiger partial charge in [0, 0.05) is 5.56 Å². The van der Waals surface area contributed by atoms with Crippen molar-refractivity contribution < 1.29 is 22.0 Å². The Kier molecular flexibility index (Phi) is 6.39. The summed E-state index contributed by atoms with van der Waals surface area (Å²) >= 11 is 0. The molecule has 0 fully saturated rings. The highest BCUT2D eigenvalue weighted by molar-refractivity contribution is 5.48. The molecule has 148 valence electrons. The van der Waals surface area contributed by atoms with Crippen LogP contribution in [-0.2, 0) is 12.8 Å². The van der Waals surface area contributed by atoms with Crippen molar-refractivity contribution in [2.24, 2.45) is 5.92 Å². The first-order valence-corrected chi connectivity index (χ1v) is 9.57. The standard InChI is InChI=1S/C23H21F5/c1-2-3-4-5-14-6-8-17-16(10-14)13-19(24)18(22(17)27)9-7-15-11-20(25)23(28)21(26)12-15/h11-14H,2-6,8,10H2,1H3. The summed E-state index contributed by atoms with van der Waals surface area (Å²) in [7, 11) is 0. The molecule has 3 rings (SSSR count). The Labute approximate surface area is 161 Å². The molecule has 2 aromatic rings. The second-order valence-corrected chi connectivity index (χ2v) is 7.29. The molecule has 0 bridgehead atoms. The molecule has 0 amide bonds. The maximum Gasteiger partial charge on any atom is 0.194 e. The van der Waals surface area contributed by atoms with E-state index in [9.17, 15) is 22.0 Å². The summed E-state index contributed by atoms with van der Waals surface area (Å²) in [5.74, 6) is -0.830. The molecule has 0 nitrogen and oxygen atoms in total. The topological polar surface area (TPSA) is 0 Å². The monoisotopic (exact) mass is 392 g/mol. The van der Waals surface area contributed by atoms with Crippen LogP contribution >= 0.6 is 0 Å². The molecule has 1 atom stereocenters. The first-order chi connectivity index (χ1) is 13.4. The first-order valence-electron chi connectivity index (χ1n) is 9.57. The lowest BCUT2D eigenvalue weighted by Crippen LogP contribution is -2.17. The lowest BCUT2D eigenvalue weighted by atomic mass is 9.80. The van der Waals surface area contributed by atoms with Gasteiger partial charge in [0.1, 0.15) is 11.6 Å². The Morgan fingerprint density at radius 3 is 2.29 bits per heavy atom. The van der Waals surface area contributed by atoms with Gasteiger partial charge in [-0.05, 0) is 54.5 Å². The smallest absolute Gasteiger partial charge is 0.194 e. The van der Waals surface area contributed by atoms with Gasteiger partial charge in [0.15, 0.2) is 17.5 Å². The molecule has 1 aliphatic carbocycles. The van der Waals surface area contributed by atoms with Crippen molar-refractivity contribution in [3.05, 3.63) is 69.5 Å². The largest absolute Gasteiger partial charge is 0.206 e. The normalized spacial score (nSPS) is 15.7. The molecule has 0 saturated heterocycles. The molecule has 0 N–H and O–H groups in total. The van der Waals surface area contributed by atoms with Crippen LogP contribution in [0.25, 0.3) is 0 Å². The molecular formula is C23H21F5. The molecule has 28 heavy (non-hydrogen) atoms. The van der Waals surface area contributed by atoms with Gasteiger partial charge in [-0.2, -0.15) is 0 Å². The fourth-order valence-electron chi connectivity index (χ4n) is 3.73. The van der Waals surface area contributed by atoms with Crippen LogP contribution < -0.4 is 0 Å². The Bertz CT molecular complexity index is 913. The van der Waals surface area contributed by atoms with E-state index in [1.165, 1.54) is 6.07 Å². The van der Waals surface area contributed by atoms with Gasteiger partial charge in [0.2, 0.25) is 0 Å². The third-order valence-corrected chi connectivity index (χ3v) is 5.25. The fourth-order valence-corrected chi connectivity index (χ4v) is 3.73. The van der Waals surface area contributed by atoms with Crippen LogP contribution in [0, 0.1) is 46.8 Å². The number of hydrogen-bond acceptors (Lipinski definition) is 0. The van der Waals surface area contributed by atoms with Crippen molar-refractivity contribution in [3.63, 3.8) is 0 Å². The van der Waals surface area contributed by atoms with Crippen LogP contribution in [0.2, 0.25) is 0 Å². The van der Waals surface area contributed by atoms with Gasteiger partial charge >= 0.3 is 0 Å². The van der Waals surface area contributed by atoms with Gasteiger partial charge in [0.05, 0.1) is 5.56 Å². The van der Waals surface area contributed by atoms with Crippen molar-refractivity contribution in [2.45, 2.75) is 51.9 Å². The molecule has 1 unspecified atom stereocenters. The number of unbranched alkanes of at least 4 members (excludes halogenated alkanes) is 2. The Morgan fingerprint density at radius 1 is 0.893 bits per heavy atom. The van der Waals surface area contributed by atoms with E-state index in [1.54, 1.807) is 0 Å². The van der Waals surface area contributed by atoms with E-state index in [0.29, 0.717) is 42.0 Å². The number of halogens is 5. The van der Waals surface area contributed by atoms with E-state index in [0.717, 1.165) is 32.1 Å². The molecule has 1 aliphatic rings. The SMILES string of the molecule is CCCCCC1CCc2c(cc(F)c(C#Cc3cc(F)c(F)c(F)c3)c2F)C1. The zero-order valence-corrected chi connectivity index (χ0v) is 15.6. The zero-order chi connectivity index (χ0) is 20.3. The van der Waals surface area contributed by atoms with E-state index < -0.39 is 34.6 Å². The van der Waals surface area contributed by atoms with E-state index in [1.807, 2.05) is 0 Å². The van der Waals surface area contributed by atoms with E-state index in [2.05, 4.69) is 18.8 Å². The maximum atomic E-state index is 14.8. The lowest BCUT2D eigenvalue weighted by Gasteiger charge is -2.25. The van der Waals surface area contributed by atoms with Crippen molar-refractivity contribution >= 4 is 0 Å². The molecule has 0 aromatic heterocycles. The Hall–Kier alpha value is -2.35. The number of benzene rings is 2. The van der Waals surface area contributed by atoms with Gasteiger partial charge in [-0.1, -0.05) is 44.4 Å². The van der Waals surface area contributed by atoms with E-state index >= 15 is 0 Å². The summed E-state index contributed by atoms with van der Waals surface area (Å²) in [6.07, 6.45) is 6.49. The first kappa shape index (κ1) is 20.4. The van der Waals surface area contributed by atoms with Gasteiger partial charge in [0.25, 0.3) is 0 Å². The van der Waals surface area contributed by atoms with Gasteiger partial charge in [-0.15, -0.1) is 0 Å². The molecular weight excluding hydrogens is 371 g/mol. The van der Waals surface area contributed by atoms with Crippen molar-refractivity contribution in [3.8, 4) is 11.8 Å². The zero-order valence-electron chi connectivity index (χ0n) is 15.6. The molecule has 0 spiro atoms. The molecule has 0 heterocycles. The van der Waals surface area contributed by atoms with Gasteiger partial charge in [-0.25, -0.2) is 22.0 Å². The molecule has 0 radical (unpaired) electrons. The fraction of sp³-hybridized carbons (Fsp3) is 0.391. The van der Waals surface area contributed by atoms with Crippen LogP contribution in [0.3, 0.4) is 0 Å². The van der Waals surface area contributed by atoms with Crippen LogP contribution in [0.5, 0.6) is 0 Å². The highest BCUT2D eigenvalue weighted by Gasteiger charge is 2.24. The summed E-state index contributed by atoms with van der Waals surface area (Å²) in [6.45, 7) is 2.14. The molecule has 2 aromatic carbocycles. The van der Waals surface area contributed by atoms with Gasteiger partial charge in [-0.3, -0.25) is 0 Å². The van der Waals surface area contributed by atoms with Crippen molar-refractivity contribution in [1.29, 1.82) is 0 Å². The third kappa shape index (κ3) is 4.38. The van der Waals surface area contributed by atoms with Crippen LogP contribution in [-0.4, -0.2) is 0 Å². The molecule has 0 saturated carbocycles. The minimum Gasteiger partial charge on any atom is -0.206 e. The Balaban J connectivity index is 1.86. The molecule has 5 heteroatoms. The summed E-state index contributed by atoms with van der Waals surface area (Å²) in [5, 5.41) is 0. The maximum absolute atomic E-state index is 14.8.